The van der Waals surface area contributed by atoms with Gasteiger partial charge in [0.1, 0.15) is 18.1 Å². The van der Waals surface area contributed by atoms with Gasteiger partial charge >= 0.3 is 6.18 Å². The Morgan fingerprint density at radius 2 is 1.84 bits per heavy atom. The van der Waals surface area contributed by atoms with Crippen molar-refractivity contribution in [2.45, 2.75) is 20.0 Å². The highest BCUT2D eigenvalue weighted by atomic mass is 19.4. The van der Waals surface area contributed by atoms with Gasteiger partial charge in [0.05, 0.1) is 0 Å². The summed E-state index contributed by atoms with van der Waals surface area (Å²) in [6.45, 7) is 1.90. The van der Waals surface area contributed by atoms with E-state index < -0.39 is 24.5 Å². The Kier molecular flexibility index (Phi) is 5.35. The Labute approximate surface area is 141 Å². The summed E-state index contributed by atoms with van der Waals surface area (Å²) < 4.78 is 36.6. The topological polar surface area (TPSA) is 84.0 Å². The summed E-state index contributed by atoms with van der Waals surface area (Å²) in [4.78, 5) is 31.9. The molecule has 2 rings (SSSR count). The summed E-state index contributed by atoms with van der Waals surface area (Å²) in [5, 5.41) is 4.37. The van der Waals surface area contributed by atoms with Crippen molar-refractivity contribution in [1.82, 2.24) is 15.3 Å². The Hall–Kier alpha value is -2.97. The van der Waals surface area contributed by atoms with Crippen LogP contribution in [-0.4, -0.2) is 34.5 Å². The van der Waals surface area contributed by atoms with Crippen LogP contribution in [0.1, 0.15) is 32.2 Å². The van der Waals surface area contributed by atoms with Crippen molar-refractivity contribution in [3.8, 4) is 0 Å². The number of aryl methyl sites for hydroxylation is 2. The van der Waals surface area contributed by atoms with Gasteiger partial charge in [0.2, 0.25) is 0 Å². The fraction of sp³-hybridized carbons (Fsp3) is 0.250. The Morgan fingerprint density at radius 1 is 1.12 bits per heavy atom. The average molecular weight is 352 g/mol. The fourth-order valence-corrected chi connectivity index (χ4v) is 1.95. The van der Waals surface area contributed by atoms with Crippen LogP contribution in [0.3, 0.4) is 0 Å². The first kappa shape index (κ1) is 18.4. The molecule has 25 heavy (non-hydrogen) atoms. The Morgan fingerprint density at radius 3 is 2.48 bits per heavy atom. The van der Waals surface area contributed by atoms with Gasteiger partial charge in [-0.05, 0) is 37.6 Å². The zero-order valence-electron chi connectivity index (χ0n) is 13.4. The lowest BCUT2D eigenvalue weighted by Gasteiger charge is -2.12. The quantitative estimate of drug-likeness (QED) is 0.886. The van der Waals surface area contributed by atoms with Gasteiger partial charge in [0.25, 0.3) is 11.8 Å². The fourth-order valence-electron chi connectivity index (χ4n) is 1.95. The minimum atomic E-state index is -4.50. The number of benzene rings is 1. The summed E-state index contributed by atoms with van der Waals surface area (Å²) in [6.07, 6.45) is -3.06. The van der Waals surface area contributed by atoms with E-state index in [4.69, 9.17) is 0 Å². The maximum absolute atomic E-state index is 12.2. The largest absolute Gasteiger partial charge is 0.405 e. The number of anilines is 1. The zero-order chi connectivity index (χ0) is 18.6. The molecule has 0 aliphatic rings. The molecular weight excluding hydrogens is 337 g/mol. The molecule has 0 atom stereocenters. The van der Waals surface area contributed by atoms with Crippen LogP contribution in [-0.2, 0) is 0 Å². The van der Waals surface area contributed by atoms with Crippen molar-refractivity contribution in [2.24, 2.45) is 0 Å². The molecule has 6 nitrogen and oxygen atoms in total. The molecule has 2 N–H and O–H groups in total. The summed E-state index contributed by atoms with van der Waals surface area (Å²) in [7, 11) is 0. The number of rotatable bonds is 4. The van der Waals surface area contributed by atoms with Crippen LogP contribution in [0.15, 0.2) is 30.5 Å². The third kappa shape index (κ3) is 5.27. The zero-order valence-corrected chi connectivity index (χ0v) is 13.4. The average Bonchev–Trinajstić information content (AvgIpc) is 2.54. The standard InChI is InChI=1S/C16H15F3N4O2/c1-9-3-4-11(14(24)21-8-16(17,18)19)7-13(9)23-15(25)12-5-6-20-10(2)22-12/h3-7H,8H2,1-2H3,(H,21,24)(H,23,25). The van der Waals surface area contributed by atoms with Crippen LogP contribution in [0.4, 0.5) is 18.9 Å². The molecular formula is C16H15F3N4O2. The molecule has 0 aliphatic heterocycles. The number of carbonyl (C=O) groups excluding carboxylic acids is 2. The van der Waals surface area contributed by atoms with E-state index in [0.29, 0.717) is 17.1 Å². The SMILES string of the molecule is Cc1nccc(C(=O)Nc2cc(C(=O)NCC(F)(F)F)ccc2C)n1. The van der Waals surface area contributed by atoms with E-state index in [9.17, 15) is 22.8 Å². The predicted octanol–water partition coefficient (Wildman–Crippen LogP) is 2.64. The van der Waals surface area contributed by atoms with E-state index in [1.165, 1.54) is 30.5 Å². The van der Waals surface area contributed by atoms with Crippen LogP contribution in [0, 0.1) is 13.8 Å². The van der Waals surface area contributed by atoms with E-state index >= 15 is 0 Å². The van der Waals surface area contributed by atoms with Gasteiger partial charge in [-0.2, -0.15) is 13.2 Å². The van der Waals surface area contributed by atoms with Gasteiger partial charge in [0, 0.05) is 17.4 Å². The summed E-state index contributed by atoms with van der Waals surface area (Å²) in [5.41, 5.74) is 1.09. The first-order valence-electron chi connectivity index (χ1n) is 7.22. The number of amides is 2. The minimum absolute atomic E-state index is 0.00372. The summed E-state index contributed by atoms with van der Waals surface area (Å²) in [5.74, 6) is -0.975. The van der Waals surface area contributed by atoms with E-state index in [-0.39, 0.29) is 11.3 Å². The van der Waals surface area contributed by atoms with Crippen LogP contribution >= 0.6 is 0 Å². The highest BCUT2D eigenvalue weighted by Gasteiger charge is 2.28. The second-order valence-electron chi connectivity index (χ2n) is 5.27. The van der Waals surface area contributed by atoms with Crippen LogP contribution in [0.2, 0.25) is 0 Å². The van der Waals surface area contributed by atoms with Crippen molar-refractivity contribution in [1.29, 1.82) is 0 Å². The Bertz CT molecular complexity index is 806. The molecule has 0 radical (unpaired) electrons. The third-order valence-corrected chi connectivity index (χ3v) is 3.21. The van der Waals surface area contributed by atoms with Gasteiger partial charge in [-0.15, -0.1) is 0 Å². The van der Waals surface area contributed by atoms with E-state index in [2.05, 4.69) is 15.3 Å². The Balaban J connectivity index is 2.16. The molecule has 0 saturated heterocycles. The van der Waals surface area contributed by atoms with E-state index in [1.54, 1.807) is 19.2 Å². The van der Waals surface area contributed by atoms with Crippen molar-refractivity contribution < 1.29 is 22.8 Å². The number of nitrogens with one attached hydrogen (secondary N) is 2. The molecule has 0 aliphatic carbocycles. The molecule has 0 fully saturated rings. The predicted molar refractivity (Wildman–Crippen MR) is 84.3 cm³/mol. The summed E-state index contributed by atoms with van der Waals surface area (Å²) >= 11 is 0. The highest BCUT2D eigenvalue weighted by Crippen LogP contribution is 2.18. The van der Waals surface area contributed by atoms with Gasteiger partial charge in [-0.1, -0.05) is 6.07 Å². The number of aromatic nitrogens is 2. The molecule has 0 spiro atoms. The normalized spacial score (nSPS) is 11.1. The lowest BCUT2D eigenvalue weighted by molar-refractivity contribution is -0.123. The molecule has 0 saturated carbocycles. The second kappa shape index (κ2) is 7.29. The number of halogens is 3. The highest BCUT2D eigenvalue weighted by molar-refractivity contribution is 6.04. The lowest BCUT2D eigenvalue weighted by Crippen LogP contribution is -2.33. The second-order valence-corrected chi connectivity index (χ2v) is 5.27. The number of carbonyl (C=O) groups is 2. The molecule has 2 aromatic rings. The third-order valence-electron chi connectivity index (χ3n) is 3.21. The van der Waals surface area contributed by atoms with Crippen molar-refractivity contribution in [2.75, 3.05) is 11.9 Å². The molecule has 1 aromatic carbocycles. The van der Waals surface area contributed by atoms with Crippen LogP contribution in [0.25, 0.3) is 0 Å². The molecule has 9 heteroatoms. The van der Waals surface area contributed by atoms with Crippen molar-refractivity contribution in [3.05, 3.63) is 53.1 Å². The van der Waals surface area contributed by atoms with Gasteiger partial charge in [0.15, 0.2) is 0 Å². The molecule has 0 unspecified atom stereocenters. The minimum Gasteiger partial charge on any atom is -0.343 e. The monoisotopic (exact) mass is 352 g/mol. The number of hydrogen-bond donors (Lipinski definition) is 2. The van der Waals surface area contributed by atoms with E-state index in [0.717, 1.165) is 0 Å². The first-order chi connectivity index (χ1) is 11.7. The first-order valence-corrected chi connectivity index (χ1v) is 7.22. The van der Waals surface area contributed by atoms with Crippen LogP contribution in [0.5, 0.6) is 0 Å². The molecule has 0 bridgehead atoms. The lowest BCUT2D eigenvalue weighted by atomic mass is 10.1. The maximum Gasteiger partial charge on any atom is 0.405 e. The smallest absolute Gasteiger partial charge is 0.343 e. The molecule has 132 valence electrons. The molecule has 1 heterocycles. The molecule has 2 amide bonds. The molecule has 1 aromatic heterocycles. The van der Waals surface area contributed by atoms with Crippen molar-refractivity contribution >= 4 is 17.5 Å². The van der Waals surface area contributed by atoms with Gasteiger partial charge < -0.3 is 10.6 Å². The number of hydrogen-bond acceptors (Lipinski definition) is 4. The summed E-state index contributed by atoms with van der Waals surface area (Å²) in [6, 6.07) is 5.65. The van der Waals surface area contributed by atoms with Gasteiger partial charge in [-0.3, -0.25) is 9.59 Å². The van der Waals surface area contributed by atoms with Crippen molar-refractivity contribution in [3.63, 3.8) is 0 Å². The number of nitrogens with zero attached hydrogens (tertiary/aromatic N) is 2. The van der Waals surface area contributed by atoms with Crippen LogP contribution < -0.4 is 10.6 Å². The number of alkyl halides is 3. The van der Waals surface area contributed by atoms with Gasteiger partial charge in [-0.25, -0.2) is 9.97 Å². The maximum atomic E-state index is 12.2. The van der Waals surface area contributed by atoms with E-state index in [1.807, 2.05) is 0 Å².